The van der Waals surface area contributed by atoms with Crippen LogP contribution >= 0.6 is 0 Å². The van der Waals surface area contributed by atoms with E-state index in [0.29, 0.717) is 6.61 Å². The first-order valence-electron chi connectivity index (χ1n) is 6.26. The molecule has 0 aromatic heterocycles. The van der Waals surface area contributed by atoms with Crippen molar-refractivity contribution in [2.45, 2.75) is 26.5 Å². The van der Waals surface area contributed by atoms with E-state index in [4.69, 9.17) is 4.84 Å². The molecule has 104 valence electrons. The molecule has 0 aliphatic heterocycles. The van der Waals surface area contributed by atoms with E-state index in [1.807, 2.05) is 44.2 Å². The van der Waals surface area contributed by atoms with Crippen LogP contribution in [0, 0.1) is 5.92 Å². The quantitative estimate of drug-likeness (QED) is 0.418. The Hall–Kier alpha value is -1.72. The summed E-state index contributed by atoms with van der Waals surface area (Å²) in [6.07, 6.45) is 0.743. The van der Waals surface area contributed by atoms with Gasteiger partial charge in [0.2, 0.25) is 5.91 Å². The average molecular weight is 264 g/mol. The lowest BCUT2D eigenvalue weighted by atomic mass is 10.1. The van der Waals surface area contributed by atoms with Crippen LogP contribution in [0.15, 0.2) is 30.3 Å². The van der Waals surface area contributed by atoms with Gasteiger partial charge in [0.25, 0.3) is 0 Å². The van der Waals surface area contributed by atoms with Crippen molar-refractivity contribution < 1.29 is 14.4 Å². The minimum atomic E-state index is -0.455. The molecular weight excluding hydrogens is 244 g/mol. The average Bonchev–Trinajstić information content (AvgIpc) is 2.42. The van der Waals surface area contributed by atoms with Crippen LogP contribution in [0.1, 0.15) is 19.4 Å². The van der Waals surface area contributed by atoms with Crippen LogP contribution in [0.2, 0.25) is 0 Å². The lowest BCUT2D eigenvalue weighted by Crippen LogP contribution is -2.43. The number of hydrogen-bond acceptors (Lipinski definition) is 4. The van der Waals surface area contributed by atoms with Gasteiger partial charge in [-0.2, -0.15) is 5.48 Å². The van der Waals surface area contributed by atoms with Gasteiger partial charge >= 0.3 is 0 Å². The van der Waals surface area contributed by atoms with Crippen LogP contribution in [0.25, 0.3) is 0 Å². The molecule has 0 heterocycles. The third-order valence-electron chi connectivity index (χ3n) is 2.61. The second-order valence-corrected chi connectivity index (χ2v) is 4.57. The SMILES string of the molecule is CC(C)C(C=O)NC(=O)CNOCc1ccccc1. The van der Waals surface area contributed by atoms with E-state index in [-0.39, 0.29) is 18.4 Å². The molecule has 0 saturated heterocycles. The molecule has 0 saturated carbocycles. The summed E-state index contributed by atoms with van der Waals surface area (Å²) in [5.74, 6) is -0.189. The Morgan fingerprint density at radius 2 is 2.00 bits per heavy atom. The van der Waals surface area contributed by atoms with Crippen LogP contribution < -0.4 is 10.8 Å². The van der Waals surface area contributed by atoms with Crippen molar-refractivity contribution in [1.82, 2.24) is 10.8 Å². The zero-order chi connectivity index (χ0) is 14.1. The number of hydroxylamine groups is 1. The predicted octanol–water partition coefficient (Wildman–Crippen LogP) is 1.05. The van der Waals surface area contributed by atoms with Crippen molar-refractivity contribution in [2.75, 3.05) is 6.54 Å². The molecule has 1 unspecified atom stereocenters. The topological polar surface area (TPSA) is 67.4 Å². The number of aldehydes is 1. The molecule has 5 heteroatoms. The molecule has 0 aliphatic carbocycles. The van der Waals surface area contributed by atoms with Gasteiger partial charge in [-0.05, 0) is 11.5 Å². The molecule has 0 radical (unpaired) electrons. The highest BCUT2D eigenvalue weighted by molar-refractivity contribution is 5.81. The highest BCUT2D eigenvalue weighted by atomic mass is 16.6. The van der Waals surface area contributed by atoms with Gasteiger partial charge in [0, 0.05) is 0 Å². The fraction of sp³-hybridized carbons (Fsp3) is 0.429. The standard InChI is InChI=1S/C14H20N2O3/c1-11(2)13(9-17)16-14(18)8-15-19-10-12-6-4-3-5-7-12/h3-7,9,11,13,15H,8,10H2,1-2H3,(H,16,18). The van der Waals surface area contributed by atoms with E-state index >= 15 is 0 Å². The Bertz CT molecular complexity index is 393. The van der Waals surface area contributed by atoms with Gasteiger partial charge in [0.05, 0.1) is 19.2 Å². The van der Waals surface area contributed by atoms with Crippen molar-refractivity contribution in [3.8, 4) is 0 Å². The van der Waals surface area contributed by atoms with E-state index in [9.17, 15) is 9.59 Å². The summed E-state index contributed by atoms with van der Waals surface area (Å²) in [7, 11) is 0. The molecule has 1 rings (SSSR count). The molecule has 1 atom stereocenters. The van der Waals surface area contributed by atoms with Crippen molar-refractivity contribution >= 4 is 12.2 Å². The van der Waals surface area contributed by atoms with E-state index in [0.717, 1.165) is 11.8 Å². The van der Waals surface area contributed by atoms with Gasteiger partial charge in [0.15, 0.2) is 0 Å². The molecule has 5 nitrogen and oxygen atoms in total. The van der Waals surface area contributed by atoms with Crippen LogP contribution in [0.3, 0.4) is 0 Å². The lowest BCUT2D eigenvalue weighted by molar-refractivity contribution is -0.126. The van der Waals surface area contributed by atoms with E-state index in [2.05, 4.69) is 10.8 Å². The minimum absolute atomic E-state index is 0.0178. The lowest BCUT2D eigenvalue weighted by Gasteiger charge is -2.16. The third-order valence-corrected chi connectivity index (χ3v) is 2.61. The summed E-state index contributed by atoms with van der Waals surface area (Å²) < 4.78 is 0. The van der Waals surface area contributed by atoms with E-state index < -0.39 is 6.04 Å². The van der Waals surface area contributed by atoms with E-state index in [1.54, 1.807) is 0 Å². The number of amides is 1. The fourth-order valence-corrected chi connectivity index (χ4v) is 1.42. The summed E-state index contributed by atoms with van der Waals surface area (Å²) in [6.45, 7) is 4.15. The molecule has 0 bridgehead atoms. The number of carbonyl (C=O) groups excluding carboxylic acids is 2. The zero-order valence-electron chi connectivity index (χ0n) is 11.3. The Kier molecular flexibility index (Phi) is 6.78. The number of rotatable bonds is 8. The zero-order valence-corrected chi connectivity index (χ0v) is 11.3. The first-order chi connectivity index (χ1) is 9.13. The third kappa shape index (κ3) is 6.13. The molecule has 1 aromatic carbocycles. The Morgan fingerprint density at radius 1 is 1.32 bits per heavy atom. The van der Waals surface area contributed by atoms with Gasteiger partial charge in [-0.25, -0.2) is 0 Å². The first kappa shape index (κ1) is 15.3. The second kappa shape index (κ2) is 8.39. The molecule has 0 fully saturated rings. The highest BCUT2D eigenvalue weighted by Gasteiger charge is 2.14. The summed E-state index contributed by atoms with van der Waals surface area (Å²) in [4.78, 5) is 27.4. The fourth-order valence-electron chi connectivity index (χ4n) is 1.42. The predicted molar refractivity (Wildman–Crippen MR) is 72.1 cm³/mol. The highest BCUT2D eigenvalue weighted by Crippen LogP contribution is 1.99. The number of carbonyl (C=O) groups is 2. The first-order valence-corrected chi connectivity index (χ1v) is 6.26. The maximum atomic E-state index is 11.5. The van der Waals surface area contributed by atoms with Crippen molar-refractivity contribution in [1.29, 1.82) is 0 Å². The molecule has 1 amide bonds. The number of benzene rings is 1. The Balaban J connectivity index is 2.19. The van der Waals surface area contributed by atoms with Crippen LogP contribution in [-0.4, -0.2) is 24.8 Å². The molecule has 0 spiro atoms. The smallest absolute Gasteiger partial charge is 0.236 e. The van der Waals surface area contributed by atoms with Crippen molar-refractivity contribution in [2.24, 2.45) is 5.92 Å². The van der Waals surface area contributed by atoms with Gasteiger partial charge in [-0.3, -0.25) is 9.63 Å². The minimum Gasteiger partial charge on any atom is -0.345 e. The summed E-state index contributed by atoms with van der Waals surface area (Å²) in [5, 5.41) is 2.62. The number of hydrogen-bond donors (Lipinski definition) is 2. The van der Waals surface area contributed by atoms with E-state index in [1.165, 1.54) is 0 Å². The Morgan fingerprint density at radius 3 is 2.58 bits per heavy atom. The molecule has 0 aliphatic rings. The van der Waals surface area contributed by atoms with Crippen LogP contribution in [0.4, 0.5) is 0 Å². The molecule has 2 N–H and O–H groups in total. The summed E-state index contributed by atoms with van der Waals surface area (Å²) in [6, 6.07) is 9.18. The normalized spacial score (nSPS) is 12.2. The van der Waals surface area contributed by atoms with Crippen LogP contribution in [0.5, 0.6) is 0 Å². The molecule has 19 heavy (non-hydrogen) atoms. The Labute approximate surface area is 113 Å². The molecule has 1 aromatic rings. The van der Waals surface area contributed by atoms with Gasteiger partial charge in [-0.1, -0.05) is 44.2 Å². The van der Waals surface area contributed by atoms with Gasteiger partial charge in [0.1, 0.15) is 6.29 Å². The second-order valence-electron chi connectivity index (χ2n) is 4.57. The molecular formula is C14H20N2O3. The van der Waals surface area contributed by atoms with Gasteiger partial charge in [-0.15, -0.1) is 0 Å². The maximum absolute atomic E-state index is 11.5. The summed E-state index contributed by atoms with van der Waals surface area (Å²) >= 11 is 0. The summed E-state index contributed by atoms with van der Waals surface area (Å²) in [5.41, 5.74) is 3.59. The van der Waals surface area contributed by atoms with Gasteiger partial charge < -0.3 is 10.1 Å². The maximum Gasteiger partial charge on any atom is 0.236 e. The van der Waals surface area contributed by atoms with Crippen molar-refractivity contribution in [3.63, 3.8) is 0 Å². The number of nitrogens with one attached hydrogen (secondary N) is 2. The largest absolute Gasteiger partial charge is 0.345 e. The monoisotopic (exact) mass is 264 g/mol. The van der Waals surface area contributed by atoms with Crippen molar-refractivity contribution in [3.05, 3.63) is 35.9 Å². The van der Waals surface area contributed by atoms with Crippen LogP contribution in [-0.2, 0) is 21.0 Å².